The molecule has 12 rings (SSSR count). The standard InChI is InChI=1S/C59H49NO5/c1-36-34-60(35-37(2)64-36)40-26-22-38(23-27-40)58(39-24-28-41(61-3)29-25-39)31-30-47-56-55(48-32-53(62-4)54(63-5)33-49(48)57(47)65-58)46-18-7-6-14-42(46)43-15-8-11-19-50(43)59(56)51-20-12-9-16-44(51)45-17-10-13-21-52(45)59/h6-33,36-37H,34-35H2,1-5H3. The zero-order chi connectivity index (χ0) is 44.0. The monoisotopic (exact) mass is 851 g/mol. The van der Waals surface area contributed by atoms with Gasteiger partial charge in [0.15, 0.2) is 17.1 Å². The van der Waals surface area contributed by atoms with Crippen molar-refractivity contribution in [1.29, 1.82) is 0 Å². The van der Waals surface area contributed by atoms with Crippen molar-refractivity contribution in [1.82, 2.24) is 0 Å². The second kappa shape index (κ2) is 14.9. The van der Waals surface area contributed by atoms with Gasteiger partial charge in [0.25, 0.3) is 0 Å². The summed E-state index contributed by atoms with van der Waals surface area (Å²) < 4.78 is 32.1. The highest BCUT2D eigenvalue weighted by molar-refractivity contribution is 6.12. The van der Waals surface area contributed by atoms with Gasteiger partial charge in [-0.05, 0) is 117 Å². The molecule has 6 nitrogen and oxygen atoms in total. The first kappa shape index (κ1) is 39.3. The number of hydrogen-bond acceptors (Lipinski definition) is 6. The van der Waals surface area contributed by atoms with E-state index in [1.807, 2.05) is 12.1 Å². The Hall–Kier alpha value is -7.28. The number of methoxy groups -OCH3 is 3. The van der Waals surface area contributed by atoms with E-state index in [0.29, 0.717) is 11.5 Å². The summed E-state index contributed by atoms with van der Waals surface area (Å²) in [5.41, 5.74) is 14.4. The molecule has 8 aromatic rings. The predicted octanol–water partition coefficient (Wildman–Crippen LogP) is 12.8. The Balaban J connectivity index is 1.22. The lowest BCUT2D eigenvalue weighted by Crippen LogP contribution is -2.45. The van der Waals surface area contributed by atoms with Crippen molar-refractivity contribution in [2.24, 2.45) is 0 Å². The zero-order valence-corrected chi connectivity index (χ0v) is 37.2. The van der Waals surface area contributed by atoms with Crippen LogP contribution in [0.4, 0.5) is 5.69 Å². The number of benzene rings is 8. The molecule has 2 aliphatic carbocycles. The van der Waals surface area contributed by atoms with E-state index in [-0.39, 0.29) is 12.2 Å². The summed E-state index contributed by atoms with van der Waals surface area (Å²) in [6.45, 7) is 5.96. The van der Waals surface area contributed by atoms with Crippen LogP contribution in [0.1, 0.15) is 52.8 Å². The molecular weight excluding hydrogens is 803 g/mol. The fourth-order valence-electron chi connectivity index (χ4n) is 11.7. The fraction of sp³-hybridized carbons (Fsp3) is 0.186. The Morgan fingerprint density at radius 3 is 1.58 bits per heavy atom. The third-order valence-corrected chi connectivity index (χ3v) is 14.3. The summed E-state index contributed by atoms with van der Waals surface area (Å²) in [5.74, 6) is 2.83. The molecule has 2 heterocycles. The van der Waals surface area contributed by atoms with Crippen molar-refractivity contribution < 1.29 is 23.7 Å². The van der Waals surface area contributed by atoms with Gasteiger partial charge in [0.1, 0.15) is 11.5 Å². The van der Waals surface area contributed by atoms with Gasteiger partial charge in [-0.2, -0.15) is 0 Å². The van der Waals surface area contributed by atoms with Crippen molar-refractivity contribution in [2.75, 3.05) is 39.3 Å². The SMILES string of the molecule is COc1ccc(C2(c3ccc(N4CC(C)OC(C)C4)cc3)C=Cc3c4c(c5cc(OC)c(OC)cc5c3O2)-c2ccccc2-c2ccccc2C42c3ccccc3-c3ccccc32)cc1. The number of nitrogens with zero attached hydrogens (tertiary/aromatic N) is 1. The van der Waals surface area contributed by atoms with Crippen LogP contribution in [0.2, 0.25) is 0 Å². The van der Waals surface area contributed by atoms with Gasteiger partial charge in [-0.3, -0.25) is 0 Å². The summed E-state index contributed by atoms with van der Waals surface area (Å²) >= 11 is 0. The molecule has 0 N–H and O–H groups in total. The Morgan fingerprint density at radius 1 is 0.538 bits per heavy atom. The third kappa shape index (κ3) is 5.63. The van der Waals surface area contributed by atoms with Gasteiger partial charge in [-0.15, -0.1) is 0 Å². The van der Waals surface area contributed by atoms with E-state index >= 15 is 0 Å². The molecule has 0 aromatic heterocycles. The topological polar surface area (TPSA) is 49.4 Å². The number of ether oxygens (including phenoxy) is 5. The van der Waals surface area contributed by atoms with Crippen LogP contribution in [0.3, 0.4) is 0 Å². The van der Waals surface area contributed by atoms with Crippen LogP contribution in [0.15, 0.2) is 164 Å². The van der Waals surface area contributed by atoms with Gasteiger partial charge < -0.3 is 28.6 Å². The average molecular weight is 852 g/mol. The van der Waals surface area contributed by atoms with Crippen molar-refractivity contribution in [3.8, 4) is 56.4 Å². The van der Waals surface area contributed by atoms with Crippen molar-refractivity contribution in [3.63, 3.8) is 0 Å². The molecule has 1 fully saturated rings. The van der Waals surface area contributed by atoms with Crippen molar-refractivity contribution in [3.05, 3.63) is 203 Å². The summed E-state index contributed by atoms with van der Waals surface area (Å²) in [7, 11) is 5.12. The molecule has 6 heteroatoms. The number of fused-ring (bicyclic) bond motifs is 17. The van der Waals surface area contributed by atoms with E-state index in [4.69, 9.17) is 23.7 Å². The van der Waals surface area contributed by atoms with Crippen LogP contribution in [0, 0.1) is 0 Å². The first-order valence-corrected chi connectivity index (χ1v) is 22.6. The lowest BCUT2D eigenvalue weighted by Gasteiger charge is -2.42. The van der Waals surface area contributed by atoms with E-state index in [2.05, 4.69) is 176 Å². The summed E-state index contributed by atoms with van der Waals surface area (Å²) in [6, 6.07) is 57.3. The summed E-state index contributed by atoms with van der Waals surface area (Å²) in [4.78, 5) is 2.42. The molecular formula is C59H49NO5. The number of anilines is 1. The lowest BCUT2D eigenvalue weighted by molar-refractivity contribution is -0.00522. The molecule has 320 valence electrons. The molecule has 8 aromatic carbocycles. The van der Waals surface area contributed by atoms with E-state index in [0.717, 1.165) is 68.9 Å². The number of hydrogen-bond donors (Lipinski definition) is 0. The minimum Gasteiger partial charge on any atom is -0.497 e. The molecule has 65 heavy (non-hydrogen) atoms. The largest absolute Gasteiger partial charge is 0.497 e. The van der Waals surface area contributed by atoms with Gasteiger partial charge in [0.05, 0.1) is 39.0 Å². The van der Waals surface area contributed by atoms with Gasteiger partial charge in [-0.25, -0.2) is 0 Å². The molecule has 3 unspecified atom stereocenters. The Bertz CT molecular complexity index is 3170. The molecule has 0 radical (unpaired) electrons. The Morgan fingerprint density at radius 2 is 1.03 bits per heavy atom. The predicted molar refractivity (Wildman–Crippen MR) is 261 cm³/mol. The fourth-order valence-corrected chi connectivity index (χ4v) is 11.7. The van der Waals surface area contributed by atoms with E-state index in [1.165, 1.54) is 44.5 Å². The van der Waals surface area contributed by atoms with Crippen LogP contribution in [-0.2, 0) is 15.8 Å². The highest BCUT2D eigenvalue weighted by Crippen LogP contribution is 2.65. The number of rotatable bonds is 6. The second-order valence-electron chi connectivity index (χ2n) is 17.8. The highest BCUT2D eigenvalue weighted by atomic mass is 16.5. The molecule has 0 saturated carbocycles. The first-order chi connectivity index (χ1) is 31.9. The quantitative estimate of drug-likeness (QED) is 0.166. The normalized spacial score (nSPS) is 19.5. The van der Waals surface area contributed by atoms with E-state index in [1.54, 1.807) is 21.3 Å². The van der Waals surface area contributed by atoms with Gasteiger partial charge in [-0.1, -0.05) is 127 Å². The highest BCUT2D eigenvalue weighted by Gasteiger charge is 2.53. The minimum atomic E-state index is -1.03. The Kier molecular flexibility index (Phi) is 9.01. The maximum atomic E-state index is 7.97. The minimum absolute atomic E-state index is 0.144. The smallest absolute Gasteiger partial charge is 0.178 e. The summed E-state index contributed by atoms with van der Waals surface area (Å²) in [5, 5.41) is 1.95. The maximum Gasteiger partial charge on any atom is 0.178 e. The molecule has 3 atom stereocenters. The van der Waals surface area contributed by atoms with Crippen LogP contribution in [-0.4, -0.2) is 46.6 Å². The molecule has 1 spiro atoms. The molecule has 4 aliphatic rings. The van der Waals surface area contributed by atoms with Crippen LogP contribution >= 0.6 is 0 Å². The van der Waals surface area contributed by atoms with Crippen LogP contribution in [0.5, 0.6) is 23.0 Å². The second-order valence-corrected chi connectivity index (χ2v) is 17.8. The van der Waals surface area contributed by atoms with Crippen LogP contribution in [0.25, 0.3) is 50.2 Å². The first-order valence-electron chi connectivity index (χ1n) is 22.6. The van der Waals surface area contributed by atoms with E-state index < -0.39 is 11.0 Å². The lowest BCUT2D eigenvalue weighted by atomic mass is 9.63. The molecule has 1 saturated heterocycles. The van der Waals surface area contributed by atoms with E-state index in [9.17, 15) is 0 Å². The van der Waals surface area contributed by atoms with Crippen LogP contribution < -0.4 is 23.8 Å². The van der Waals surface area contributed by atoms with Gasteiger partial charge in [0, 0.05) is 40.9 Å². The van der Waals surface area contributed by atoms with Crippen molar-refractivity contribution in [2.45, 2.75) is 37.1 Å². The van der Waals surface area contributed by atoms with Gasteiger partial charge >= 0.3 is 0 Å². The zero-order valence-electron chi connectivity index (χ0n) is 37.2. The number of morpholine rings is 1. The molecule has 0 amide bonds. The summed E-state index contributed by atoms with van der Waals surface area (Å²) in [6.07, 6.45) is 4.91. The third-order valence-electron chi connectivity index (χ3n) is 14.3. The van der Waals surface area contributed by atoms with Crippen molar-refractivity contribution >= 4 is 22.5 Å². The molecule has 2 aliphatic heterocycles. The maximum absolute atomic E-state index is 7.97. The van der Waals surface area contributed by atoms with Gasteiger partial charge in [0.2, 0.25) is 0 Å². The Labute approximate surface area is 380 Å². The average Bonchev–Trinajstić information content (AvgIpc) is 3.59. The molecule has 0 bridgehead atoms.